The quantitative estimate of drug-likeness (QED) is 0.861. The fourth-order valence-corrected chi connectivity index (χ4v) is 2.51. The number of nitrogens with one attached hydrogen (secondary N) is 1. The molecule has 0 heterocycles. The molecule has 2 nitrogen and oxygen atoms in total. The van der Waals surface area contributed by atoms with E-state index in [1.165, 1.54) is 16.7 Å². The van der Waals surface area contributed by atoms with Gasteiger partial charge in [-0.25, -0.2) is 0 Å². The van der Waals surface area contributed by atoms with Crippen LogP contribution in [0.2, 0.25) is 5.02 Å². The largest absolute Gasteiger partial charge is 0.377 e. The molecule has 0 bridgehead atoms. The van der Waals surface area contributed by atoms with Crippen molar-refractivity contribution in [2.75, 3.05) is 5.32 Å². The summed E-state index contributed by atoms with van der Waals surface area (Å²) < 4.78 is 0. The second kappa shape index (κ2) is 5.98. The monoisotopic (exact) mass is 284 g/mol. The van der Waals surface area contributed by atoms with Crippen molar-refractivity contribution in [1.82, 2.24) is 0 Å². The third-order valence-electron chi connectivity index (χ3n) is 3.21. The Balaban J connectivity index is 2.23. The first-order valence-electron chi connectivity index (χ1n) is 6.54. The summed E-state index contributed by atoms with van der Waals surface area (Å²) in [6.45, 7) is 6.29. The van der Waals surface area contributed by atoms with Crippen LogP contribution in [0.25, 0.3) is 0 Å². The summed E-state index contributed by atoms with van der Waals surface area (Å²) in [6.07, 6.45) is 0. The van der Waals surface area contributed by atoms with Crippen LogP contribution in [0.3, 0.4) is 0 Å². The summed E-state index contributed by atoms with van der Waals surface area (Å²) in [6, 6.07) is 14.0. The summed E-state index contributed by atoms with van der Waals surface area (Å²) in [5.74, 6) is 0. The highest BCUT2D eigenvalue weighted by Gasteiger charge is 2.09. The van der Waals surface area contributed by atoms with Crippen LogP contribution in [-0.2, 0) is 0 Å². The first-order chi connectivity index (χ1) is 9.49. The maximum Gasteiger partial charge on any atom is 0.0992 e. The van der Waals surface area contributed by atoms with Gasteiger partial charge in [0.05, 0.1) is 22.3 Å². The minimum atomic E-state index is 0.152. The molecule has 0 amide bonds. The lowest BCUT2D eigenvalue weighted by Gasteiger charge is -2.18. The van der Waals surface area contributed by atoms with Crippen LogP contribution >= 0.6 is 11.6 Å². The number of nitriles is 1. The number of rotatable bonds is 3. The number of hydrogen-bond donors (Lipinski definition) is 1. The average molecular weight is 285 g/mol. The van der Waals surface area contributed by atoms with Crippen LogP contribution in [0.15, 0.2) is 36.4 Å². The molecule has 0 aliphatic heterocycles. The zero-order valence-electron chi connectivity index (χ0n) is 11.9. The minimum absolute atomic E-state index is 0.152. The zero-order valence-corrected chi connectivity index (χ0v) is 12.6. The number of nitrogens with zero attached hydrogens (tertiary/aromatic N) is 1. The predicted molar refractivity (Wildman–Crippen MR) is 84.1 cm³/mol. The molecule has 2 aromatic rings. The number of hydrogen-bond acceptors (Lipinski definition) is 2. The summed E-state index contributed by atoms with van der Waals surface area (Å²) >= 11 is 6.19. The molecule has 0 aromatic heterocycles. The third-order valence-corrected chi connectivity index (χ3v) is 3.53. The summed E-state index contributed by atoms with van der Waals surface area (Å²) in [7, 11) is 0. The topological polar surface area (TPSA) is 35.8 Å². The maximum absolute atomic E-state index is 8.84. The van der Waals surface area contributed by atoms with Crippen molar-refractivity contribution in [3.8, 4) is 6.07 Å². The highest BCUT2D eigenvalue weighted by Crippen LogP contribution is 2.27. The Hall–Kier alpha value is -1.98. The van der Waals surface area contributed by atoms with E-state index >= 15 is 0 Å². The van der Waals surface area contributed by atoms with Gasteiger partial charge in [0, 0.05) is 6.04 Å². The SMILES string of the molecule is Cc1cc(C)cc(C(C)Nc2ccc(C#N)cc2Cl)c1. The average Bonchev–Trinajstić information content (AvgIpc) is 2.39. The molecule has 3 heteroatoms. The second-order valence-electron chi connectivity index (χ2n) is 5.09. The minimum Gasteiger partial charge on any atom is -0.377 e. The predicted octanol–water partition coefficient (Wildman–Crippen LogP) is 5.00. The molecule has 1 atom stereocenters. The molecule has 20 heavy (non-hydrogen) atoms. The first kappa shape index (κ1) is 14.4. The Kier molecular flexibility index (Phi) is 4.32. The van der Waals surface area contributed by atoms with Crippen molar-refractivity contribution >= 4 is 17.3 Å². The van der Waals surface area contributed by atoms with Crippen LogP contribution < -0.4 is 5.32 Å². The highest BCUT2D eigenvalue weighted by atomic mass is 35.5. The fourth-order valence-electron chi connectivity index (χ4n) is 2.28. The summed E-state index contributed by atoms with van der Waals surface area (Å²) in [5.41, 5.74) is 5.14. The van der Waals surface area contributed by atoms with E-state index in [1.807, 2.05) is 6.07 Å². The lowest BCUT2D eigenvalue weighted by Crippen LogP contribution is -2.07. The normalized spacial score (nSPS) is 11.8. The Morgan fingerprint density at radius 2 is 1.75 bits per heavy atom. The van der Waals surface area contributed by atoms with E-state index in [9.17, 15) is 0 Å². The molecule has 0 aliphatic carbocycles. The standard InChI is InChI=1S/C17H17ClN2/c1-11-6-12(2)8-15(7-11)13(3)20-17-5-4-14(10-19)9-16(17)18/h4-9,13,20H,1-3H3. The van der Waals surface area contributed by atoms with Gasteiger partial charge in [-0.2, -0.15) is 5.26 Å². The van der Waals surface area contributed by atoms with Crippen molar-refractivity contribution < 1.29 is 0 Å². The first-order valence-corrected chi connectivity index (χ1v) is 6.92. The molecule has 1 N–H and O–H groups in total. The lowest BCUT2D eigenvalue weighted by molar-refractivity contribution is 0.881. The van der Waals surface area contributed by atoms with Gasteiger partial charge in [0.25, 0.3) is 0 Å². The van der Waals surface area contributed by atoms with E-state index in [-0.39, 0.29) is 6.04 Å². The van der Waals surface area contributed by atoms with Gasteiger partial charge in [-0.1, -0.05) is 40.9 Å². The van der Waals surface area contributed by atoms with E-state index in [2.05, 4.69) is 50.4 Å². The van der Waals surface area contributed by atoms with Crippen LogP contribution in [0.1, 0.15) is 35.2 Å². The number of aryl methyl sites for hydroxylation is 2. The van der Waals surface area contributed by atoms with Crippen molar-refractivity contribution in [3.05, 3.63) is 63.7 Å². The van der Waals surface area contributed by atoms with E-state index in [1.54, 1.807) is 12.1 Å². The number of halogens is 1. The Morgan fingerprint density at radius 1 is 1.10 bits per heavy atom. The molecule has 0 aliphatic rings. The Labute approximate surface area is 125 Å². The Morgan fingerprint density at radius 3 is 2.30 bits per heavy atom. The van der Waals surface area contributed by atoms with Crippen molar-refractivity contribution in [3.63, 3.8) is 0 Å². The summed E-state index contributed by atoms with van der Waals surface area (Å²) in [4.78, 5) is 0. The smallest absolute Gasteiger partial charge is 0.0992 e. The molecule has 0 fully saturated rings. The lowest BCUT2D eigenvalue weighted by atomic mass is 10.0. The molecule has 0 radical (unpaired) electrons. The van der Waals surface area contributed by atoms with Gasteiger partial charge in [-0.3, -0.25) is 0 Å². The van der Waals surface area contributed by atoms with E-state index < -0.39 is 0 Å². The van der Waals surface area contributed by atoms with Crippen molar-refractivity contribution in [2.45, 2.75) is 26.8 Å². The molecule has 0 saturated carbocycles. The van der Waals surface area contributed by atoms with Crippen LogP contribution in [0.5, 0.6) is 0 Å². The molecular weight excluding hydrogens is 268 g/mol. The molecule has 2 rings (SSSR count). The van der Waals surface area contributed by atoms with E-state index in [0.29, 0.717) is 10.6 Å². The van der Waals surface area contributed by atoms with Crippen molar-refractivity contribution in [1.29, 1.82) is 5.26 Å². The van der Waals surface area contributed by atoms with Gasteiger partial charge < -0.3 is 5.32 Å². The highest BCUT2D eigenvalue weighted by molar-refractivity contribution is 6.33. The molecular formula is C17H17ClN2. The van der Waals surface area contributed by atoms with Gasteiger partial charge in [0.2, 0.25) is 0 Å². The molecule has 2 aromatic carbocycles. The molecule has 102 valence electrons. The number of anilines is 1. The Bertz CT molecular complexity index is 651. The van der Waals surface area contributed by atoms with Crippen molar-refractivity contribution in [2.24, 2.45) is 0 Å². The zero-order chi connectivity index (χ0) is 14.7. The van der Waals surface area contributed by atoms with Gasteiger partial charge in [0.1, 0.15) is 0 Å². The van der Waals surface area contributed by atoms with E-state index in [0.717, 1.165) is 5.69 Å². The van der Waals surface area contributed by atoms with Gasteiger partial charge in [0.15, 0.2) is 0 Å². The van der Waals surface area contributed by atoms with Crippen LogP contribution in [-0.4, -0.2) is 0 Å². The maximum atomic E-state index is 8.84. The van der Waals surface area contributed by atoms with Gasteiger partial charge in [-0.15, -0.1) is 0 Å². The third kappa shape index (κ3) is 3.31. The molecule has 0 spiro atoms. The number of benzene rings is 2. The van der Waals surface area contributed by atoms with Crippen LogP contribution in [0, 0.1) is 25.2 Å². The summed E-state index contributed by atoms with van der Waals surface area (Å²) in [5, 5.41) is 12.8. The fraction of sp³-hybridized carbons (Fsp3) is 0.235. The molecule has 1 unspecified atom stereocenters. The van der Waals surface area contributed by atoms with Crippen LogP contribution in [0.4, 0.5) is 5.69 Å². The van der Waals surface area contributed by atoms with Gasteiger partial charge in [-0.05, 0) is 44.5 Å². The van der Waals surface area contributed by atoms with Gasteiger partial charge >= 0.3 is 0 Å². The molecule has 0 saturated heterocycles. The van der Waals surface area contributed by atoms with E-state index in [4.69, 9.17) is 16.9 Å². The second-order valence-corrected chi connectivity index (χ2v) is 5.50.